The van der Waals surface area contributed by atoms with E-state index in [9.17, 15) is 14.0 Å². The number of methoxy groups -OCH3 is 1. The van der Waals surface area contributed by atoms with Crippen LogP contribution >= 0.6 is 0 Å². The summed E-state index contributed by atoms with van der Waals surface area (Å²) in [5, 5.41) is 10.8. The smallest absolute Gasteiger partial charge is 0.255 e. The Balaban J connectivity index is 1.30. The molecule has 0 radical (unpaired) electrons. The molecule has 1 fully saturated rings. The molecule has 0 atom stereocenters. The summed E-state index contributed by atoms with van der Waals surface area (Å²) in [5.41, 5.74) is 4.38. The second-order valence-electron chi connectivity index (χ2n) is 9.52. The first-order chi connectivity index (χ1) is 18.4. The number of amides is 1. The minimum Gasteiger partial charge on any atom is -0.494 e. The first kappa shape index (κ1) is 25.4. The lowest BCUT2D eigenvalue weighted by molar-refractivity contribution is 0.0948. The molecule has 4 aromatic rings. The van der Waals surface area contributed by atoms with Crippen molar-refractivity contribution in [1.82, 2.24) is 25.0 Å². The van der Waals surface area contributed by atoms with Crippen molar-refractivity contribution in [3.05, 3.63) is 117 Å². The minimum atomic E-state index is -0.465. The van der Waals surface area contributed by atoms with Crippen molar-refractivity contribution in [3.8, 4) is 5.75 Å². The van der Waals surface area contributed by atoms with Crippen LogP contribution in [0.15, 0.2) is 71.8 Å². The Kier molecular flexibility index (Phi) is 7.37. The molecule has 38 heavy (non-hydrogen) atoms. The highest BCUT2D eigenvalue weighted by molar-refractivity contribution is 5.95. The SMILES string of the molecule is COc1ccc(C)c(CNC(=O)c2cn(Cc3ccc(Cn4ccccc4=O)cc3)nc2C2CNC2)c1F. The van der Waals surface area contributed by atoms with Crippen molar-refractivity contribution < 1.29 is 13.9 Å². The molecule has 0 saturated carbocycles. The summed E-state index contributed by atoms with van der Waals surface area (Å²) < 4.78 is 23.3. The lowest BCUT2D eigenvalue weighted by atomic mass is 9.96. The zero-order valence-corrected chi connectivity index (χ0v) is 21.4. The lowest BCUT2D eigenvalue weighted by Gasteiger charge is -2.26. The predicted octanol–water partition coefficient (Wildman–Crippen LogP) is 3.21. The molecule has 9 heteroatoms. The number of pyridine rings is 1. The summed E-state index contributed by atoms with van der Waals surface area (Å²) in [6.45, 7) is 4.36. The van der Waals surface area contributed by atoms with E-state index in [1.165, 1.54) is 7.11 Å². The van der Waals surface area contributed by atoms with Gasteiger partial charge in [-0.15, -0.1) is 0 Å². The quantitative estimate of drug-likeness (QED) is 0.357. The van der Waals surface area contributed by atoms with Crippen LogP contribution in [0, 0.1) is 12.7 Å². The summed E-state index contributed by atoms with van der Waals surface area (Å²) >= 11 is 0. The molecule has 2 aromatic heterocycles. The third-order valence-corrected chi connectivity index (χ3v) is 6.91. The number of aryl methyl sites for hydroxylation is 1. The van der Waals surface area contributed by atoms with Crippen molar-refractivity contribution in [2.24, 2.45) is 0 Å². The van der Waals surface area contributed by atoms with Gasteiger partial charge in [0.1, 0.15) is 0 Å². The summed E-state index contributed by atoms with van der Waals surface area (Å²) in [7, 11) is 1.42. The monoisotopic (exact) mass is 515 g/mol. The Morgan fingerprint density at radius 3 is 2.50 bits per heavy atom. The van der Waals surface area contributed by atoms with Gasteiger partial charge in [0.05, 0.1) is 31.5 Å². The summed E-state index contributed by atoms with van der Waals surface area (Å²) in [6, 6.07) is 16.5. The van der Waals surface area contributed by atoms with Gasteiger partial charge < -0.3 is 19.9 Å². The van der Waals surface area contributed by atoms with Crippen LogP contribution in [0.3, 0.4) is 0 Å². The van der Waals surface area contributed by atoms with Crippen molar-refractivity contribution in [3.63, 3.8) is 0 Å². The van der Waals surface area contributed by atoms with E-state index in [1.54, 1.807) is 52.8 Å². The van der Waals surface area contributed by atoms with Crippen LogP contribution in [0.25, 0.3) is 0 Å². The largest absolute Gasteiger partial charge is 0.494 e. The first-order valence-electron chi connectivity index (χ1n) is 12.5. The fourth-order valence-electron chi connectivity index (χ4n) is 4.54. The number of aromatic nitrogens is 3. The van der Waals surface area contributed by atoms with Gasteiger partial charge in [0.2, 0.25) is 0 Å². The molecule has 2 aromatic carbocycles. The molecule has 5 rings (SSSR count). The molecule has 0 aliphatic carbocycles. The van der Waals surface area contributed by atoms with E-state index in [0.717, 1.165) is 35.5 Å². The lowest BCUT2D eigenvalue weighted by Crippen LogP contribution is -2.41. The standard InChI is InChI=1S/C29H30FN5O3/c1-19-6-11-25(38-2)27(30)23(19)15-32-29(37)24-18-35(33-28(24)22-13-31-14-22)17-21-9-7-20(8-10-21)16-34-12-4-3-5-26(34)36/h3-12,18,22,31H,13-17H2,1-2H3,(H,32,37). The van der Waals surface area contributed by atoms with Gasteiger partial charge in [-0.25, -0.2) is 4.39 Å². The van der Waals surface area contributed by atoms with E-state index in [0.29, 0.717) is 24.2 Å². The van der Waals surface area contributed by atoms with E-state index in [4.69, 9.17) is 9.84 Å². The zero-order chi connectivity index (χ0) is 26.6. The van der Waals surface area contributed by atoms with Gasteiger partial charge in [-0.1, -0.05) is 36.4 Å². The van der Waals surface area contributed by atoms with Gasteiger partial charge in [-0.2, -0.15) is 5.10 Å². The van der Waals surface area contributed by atoms with E-state index >= 15 is 0 Å². The van der Waals surface area contributed by atoms with Crippen LogP contribution in [-0.2, 0) is 19.6 Å². The fraction of sp³-hybridized carbons (Fsp3) is 0.276. The Hall–Kier alpha value is -4.24. The molecule has 0 unspecified atom stereocenters. The molecule has 2 N–H and O–H groups in total. The number of carbonyl (C=O) groups is 1. The number of hydrogen-bond donors (Lipinski definition) is 2. The molecule has 1 aliphatic heterocycles. The maximum Gasteiger partial charge on any atom is 0.255 e. The molecule has 1 aliphatic rings. The average Bonchev–Trinajstić information content (AvgIpc) is 3.28. The normalized spacial score (nSPS) is 13.2. The van der Waals surface area contributed by atoms with Crippen LogP contribution in [0.1, 0.15) is 44.2 Å². The Morgan fingerprint density at radius 2 is 1.84 bits per heavy atom. The number of hydrogen-bond acceptors (Lipinski definition) is 5. The van der Waals surface area contributed by atoms with E-state index < -0.39 is 5.82 Å². The van der Waals surface area contributed by atoms with Gasteiger partial charge in [0.25, 0.3) is 11.5 Å². The van der Waals surface area contributed by atoms with Crippen molar-refractivity contribution in [2.45, 2.75) is 32.5 Å². The molecular weight excluding hydrogens is 485 g/mol. The van der Waals surface area contributed by atoms with Crippen LogP contribution in [-0.4, -0.2) is 40.5 Å². The number of nitrogens with one attached hydrogen (secondary N) is 2. The summed E-state index contributed by atoms with van der Waals surface area (Å²) in [5.74, 6) is -0.453. The number of benzene rings is 2. The maximum absolute atomic E-state index is 14.8. The molecule has 3 heterocycles. The van der Waals surface area contributed by atoms with Crippen LogP contribution in [0.4, 0.5) is 4.39 Å². The predicted molar refractivity (Wildman–Crippen MR) is 142 cm³/mol. The Bertz CT molecular complexity index is 1510. The number of rotatable bonds is 9. The molecule has 196 valence electrons. The highest BCUT2D eigenvalue weighted by Gasteiger charge is 2.28. The third kappa shape index (κ3) is 5.38. The second-order valence-corrected chi connectivity index (χ2v) is 9.52. The topological polar surface area (TPSA) is 90.2 Å². The molecule has 0 spiro atoms. The molecule has 0 bridgehead atoms. The van der Waals surface area contributed by atoms with Gasteiger partial charge in [-0.05, 0) is 35.7 Å². The average molecular weight is 516 g/mol. The van der Waals surface area contributed by atoms with Gasteiger partial charge >= 0.3 is 0 Å². The van der Waals surface area contributed by atoms with Gasteiger partial charge in [0, 0.05) is 49.6 Å². The van der Waals surface area contributed by atoms with E-state index in [2.05, 4.69) is 10.6 Å². The van der Waals surface area contributed by atoms with Crippen LogP contribution < -0.4 is 20.9 Å². The fourth-order valence-corrected chi connectivity index (χ4v) is 4.54. The second kappa shape index (κ2) is 11.0. The first-order valence-corrected chi connectivity index (χ1v) is 12.5. The summed E-state index contributed by atoms with van der Waals surface area (Å²) in [6.07, 6.45) is 3.53. The van der Waals surface area contributed by atoms with Gasteiger partial charge in [0.15, 0.2) is 11.6 Å². The van der Waals surface area contributed by atoms with Crippen LogP contribution in [0.5, 0.6) is 5.75 Å². The minimum absolute atomic E-state index is 0.0405. The molecule has 8 nitrogen and oxygen atoms in total. The Labute approximate surface area is 220 Å². The van der Waals surface area contributed by atoms with Crippen molar-refractivity contribution in [1.29, 1.82) is 0 Å². The highest BCUT2D eigenvalue weighted by Crippen LogP contribution is 2.25. The Morgan fingerprint density at radius 1 is 1.11 bits per heavy atom. The summed E-state index contributed by atoms with van der Waals surface area (Å²) in [4.78, 5) is 25.2. The number of nitrogens with zero attached hydrogens (tertiary/aromatic N) is 3. The molecular formula is C29H30FN5O3. The maximum atomic E-state index is 14.8. The van der Waals surface area contributed by atoms with E-state index in [1.807, 2.05) is 30.3 Å². The van der Waals surface area contributed by atoms with Crippen molar-refractivity contribution >= 4 is 5.91 Å². The highest BCUT2D eigenvalue weighted by atomic mass is 19.1. The zero-order valence-electron chi connectivity index (χ0n) is 21.4. The van der Waals surface area contributed by atoms with Crippen LogP contribution in [0.2, 0.25) is 0 Å². The number of carbonyl (C=O) groups excluding carboxylic acids is 1. The number of halogens is 1. The molecule has 1 amide bonds. The van der Waals surface area contributed by atoms with Crippen molar-refractivity contribution in [2.75, 3.05) is 20.2 Å². The van der Waals surface area contributed by atoms with E-state index in [-0.39, 0.29) is 29.7 Å². The number of ether oxygens (including phenoxy) is 1. The van der Waals surface area contributed by atoms with Gasteiger partial charge in [-0.3, -0.25) is 14.3 Å². The molecule has 1 saturated heterocycles. The third-order valence-electron chi connectivity index (χ3n) is 6.91.